The quantitative estimate of drug-likeness (QED) is 0.460. The van der Waals surface area contributed by atoms with Crippen molar-refractivity contribution in [2.24, 2.45) is 0 Å². The third kappa shape index (κ3) is 3.06. The molecule has 1 unspecified atom stereocenters. The average molecular weight is 197 g/mol. The molecule has 0 bridgehead atoms. The summed E-state index contributed by atoms with van der Waals surface area (Å²) >= 11 is 0. The van der Waals surface area contributed by atoms with Crippen molar-refractivity contribution in [1.82, 2.24) is 0 Å². The first-order chi connectivity index (χ1) is 5.22. The molecule has 0 saturated carbocycles. The molecule has 5 nitrogen and oxygen atoms in total. The lowest BCUT2D eigenvalue weighted by Crippen LogP contribution is -2.52. The van der Waals surface area contributed by atoms with Gasteiger partial charge in [0.25, 0.3) is 0 Å². The Kier molecular flexibility index (Phi) is 3.64. The van der Waals surface area contributed by atoms with Crippen molar-refractivity contribution in [3.8, 4) is 0 Å². The van der Waals surface area contributed by atoms with Gasteiger partial charge in [0.15, 0.2) is 5.37 Å². The van der Waals surface area contributed by atoms with E-state index in [0.29, 0.717) is 0 Å². The Bertz CT molecular complexity index is 234. The predicted molar refractivity (Wildman–Crippen MR) is 43.2 cm³/mol. The highest BCUT2D eigenvalue weighted by Gasteiger charge is 2.28. The maximum absolute atomic E-state index is 10.6. The molecule has 0 saturated heterocycles. The molecule has 0 aromatic carbocycles. The molecule has 0 aromatic heterocycles. The topological polar surface area (TPSA) is 77.4 Å². The van der Waals surface area contributed by atoms with E-state index in [1.54, 1.807) is 14.1 Å². The van der Waals surface area contributed by atoms with Crippen LogP contribution < -0.4 is 0 Å². The van der Waals surface area contributed by atoms with Crippen molar-refractivity contribution in [2.75, 3.05) is 27.2 Å². The number of aliphatic hydroxyl groups excluding tert-OH is 1. The van der Waals surface area contributed by atoms with Crippen LogP contribution in [0, 0.1) is 0 Å². The molecule has 0 aliphatic rings. The van der Waals surface area contributed by atoms with Crippen LogP contribution in [0.1, 0.15) is 6.92 Å². The summed E-state index contributed by atoms with van der Waals surface area (Å²) in [6.45, 7) is 1.47. The fourth-order valence-electron chi connectivity index (χ4n) is 0.789. The van der Waals surface area contributed by atoms with Crippen molar-refractivity contribution in [3.05, 3.63) is 0 Å². The van der Waals surface area contributed by atoms with Gasteiger partial charge < -0.3 is 14.1 Å². The normalized spacial score (nSPS) is 16.1. The molecule has 0 amide bonds. The molecule has 0 radical (unpaired) electrons. The minimum atomic E-state index is -4.27. The molecule has 0 aromatic rings. The summed E-state index contributed by atoms with van der Waals surface area (Å²) in [5.74, 6) is 0. The third-order valence-corrected chi connectivity index (χ3v) is 3.48. The molecule has 0 rings (SSSR count). The number of nitrogens with zero attached hydrogens (tertiary/aromatic N) is 1. The Balaban J connectivity index is 4.57. The van der Waals surface area contributed by atoms with Gasteiger partial charge in [0, 0.05) is 6.92 Å². The summed E-state index contributed by atoms with van der Waals surface area (Å²) in [4.78, 5) is 0. The second-order valence-corrected chi connectivity index (χ2v) is 4.99. The van der Waals surface area contributed by atoms with E-state index in [9.17, 15) is 13.0 Å². The highest BCUT2D eigenvalue weighted by Crippen LogP contribution is 2.10. The van der Waals surface area contributed by atoms with E-state index < -0.39 is 15.5 Å². The van der Waals surface area contributed by atoms with Gasteiger partial charge in [-0.25, -0.2) is 8.42 Å². The first kappa shape index (κ1) is 11.8. The van der Waals surface area contributed by atoms with Crippen molar-refractivity contribution >= 4 is 10.1 Å². The van der Waals surface area contributed by atoms with Crippen LogP contribution in [0.4, 0.5) is 0 Å². The maximum atomic E-state index is 10.6. The number of likely N-dealkylation sites (N-methyl/N-ethyl adjacent to an activating group) is 1. The molecule has 0 aliphatic carbocycles. The zero-order valence-corrected chi connectivity index (χ0v) is 8.34. The van der Waals surface area contributed by atoms with Crippen LogP contribution in [0.2, 0.25) is 0 Å². The van der Waals surface area contributed by atoms with E-state index >= 15 is 0 Å². The summed E-state index contributed by atoms with van der Waals surface area (Å²) in [6, 6.07) is 0. The zero-order valence-electron chi connectivity index (χ0n) is 7.52. The molecule has 12 heavy (non-hydrogen) atoms. The second-order valence-electron chi connectivity index (χ2n) is 3.32. The lowest BCUT2D eigenvalue weighted by molar-refractivity contribution is -0.900. The first-order valence-corrected chi connectivity index (χ1v) is 5.07. The van der Waals surface area contributed by atoms with Crippen molar-refractivity contribution in [2.45, 2.75) is 12.3 Å². The highest BCUT2D eigenvalue weighted by atomic mass is 32.2. The molecule has 6 heteroatoms. The van der Waals surface area contributed by atoms with Crippen LogP contribution in [0.25, 0.3) is 0 Å². The van der Waals surface area contributed by atoms with Gasteiger partial charge in [-0.15, -0.1) is 0 Å². The fourth-order valence-corrected chi connectivity index (χ4v) is 1.59. The molecular weight excluding hydrogens is 182 g/mol. The lowest BCUT2D eigenvalue weighted by Gasteiger charge is -2.36. The number of quaternary nitrogens is 1. The van der Waals surface area contributed by atoms with Gasteiger partial charge in [-0.05, 0) is 0 Å². The molecule has 0 aliphatic heterocycles. The molecule has 1 atom stereocenters. The summed E-state index contributed by atoms with van der Waals surface area (Å²) in [5, 5.41) is 7.58. The highest BCUT2D eigenvalue weighted by molar-refractivity contribution is 7.86. The summed E-state index contributed by atoms with van der Waals surface area (Å²) in [6.07, 6.45) is 0. The smallest absolute Gasteiger partial charge is 0.176 e. The Morgan fingerprint density at radius 3 is 2.17 bits per heavy atom. The second kappa shape index (κ2) is 3.69. The van der Waals surface area contributed by atoms with Gasteiger partial charge >= 0.3 is 0 Å². The molecule has 74 valence electrons. The van der Waals surface area contributed by atoms with Crippen LogP contribution in [-0.2, 0) is 10.1 Å². The number of rotatable bonds is 4. The summed E-state index contributed by atoms with van der Waals surface area (Å²) in [5.41, 5.74) is 0. The zero-order chi connectivity index (χ0) is 9.99. The predicted octanol–water partition coefficient (Wildman–Crippen LogP) is -1.05. The van der Waals surface area contributed by atoms with E-state index in [1.165, 1.54) is 6.92 Å². The van der Waals surface area contributed by atoms with Crippen LogP contribution in [0.15, 0.2) is 0 Å². The van der Waals surface area contributed by atoms with Gasteiger partial charge in [-0.1, -0.05) is 0 Å². The minimum absolute atomic E-state index is 0.0116. The van der Waals surface area contributed by atoms with Gasteiger partial charge in [0.2, 0.25) is 0 Å². The Morgan fingerprint density at radius 2 is 1.92 bits per heavy atom. The van der Waals surface area contributed by atoms with E-state index in [0.717, 1.165) is 0 Å². The molecule has 0 fully saturated rings. The van der Waals surface area contributed by atoms with Gasteiger partial charge in [-0.2, -0.15) is 0 Å². The van der Waals surface area contributed by atoms with E-state index in [1.807, 2.05) is 0 Å². The summed E-state index contributed by atoms with van der Waals surface area (Å²) in [7, 11) is -1.08. The van der Waals surface area contributed by atoms with Gasteiger partial charge in [0.1, 0.15) is 16.7 Å². The third-order valence-electron chi connectivity index (χ3n) is 2.08. The monoisotopic (exact) mass is 197 g/mol. The van der Waals surface area contributed by atoms with E-state index in [-0.39, 0.29) is 17.6 Å². The number of hydrogen-bond donors (Lipinski definition) is 1. The van der Waals surface area contributed by atoms with Crippen molar-refractivity contribution < 1.29 is 22.6 Å². The van der Waals surface area contributed by atoms with Crippen LogP contribution in [0.5, 0.6) is 0 Å². The van der Waals surface area contributed by atoms with E-state index in [2.05, 4.69) is 0 Å². The maximum Gasteiger partial charge on any atom is 0.176 e. The minimum Gasteiger partial charge on any atom is -0.743 e. The Labute approximate surface area is 73.0 Å². The van der Waals surface area contributed by atoms with Crippen molar-refractivity contribution in [3.63, 3.8) is 0 Å². The molecule has 1 N–H and O–H groups in total. The molecule has 0 heterocycles. The lowest BCUT2D eigenvalue weighted by atomic mass is 10.4. The largest absolute Gasteiger partial charge is 0.743 e. The van der Waals surface area contributed by atoms with Crippen LogP contribution >= 0.6 is 0 Å². The van der Waals surface area contributed by atoms with Gasteiger partial charge in [-0.3, -0.25) is 0 Å². The van der Waals surface area contributed by atoms with Gasteiger partial charge in [0.05, 0.1) is 20.7 Å². The van der Waals surface area contributed by atoms with E-state index in [4.69, 9.17) is 5.11 Å². The molecule has 0 spiro atoms. The number of hydrogen-bond acceptors (Lipinski definition) is 4. The average Bonchev–Trinajstić information content (AvgIpc) is 1.84. The molecular formula is C6H15NO4S. The summed E-state index contributed by atoms with van der Waals surface area (Å²) < 4.78 is 31.8. The van der Waals surface area contributed by atoms with Crippen LogP contribution in [-0.4, -0.2) is 55.2 Å². The van der Waals surface area contributed by atoms with Crippen LogP contribution in [0.3, 0.4) is 0 Å². The first-order valence-electron chi connectivity index (χ1n) is 3.60. The fraction of sp³-hybridized carbons (Fsp3) is 1.00. The SMILES string of the molecule is CC([N+](C)(C)CCO)S(=O)(=O)[O-]. The standard InChI is InChI=1S/C6H15NO4S/c1-6(12(9,10)11)7(2,3)4-5-8/h6,8H,4-5H2,1-3H3. The van der Waals surface area contributed by atoms with Crippen molar-refractivity contribution in [1.29, 1.82) is 0 Å². The Hall–Kier alpha value is -0.170. The Morgan fingerprint density at radius 1 is 1.50 bits per heavy atom. The number of aliphatic hydroxyl groups is 1.